The molecule has 1 aliphatic rings. The predicted molar refractivity (Wildman–Crippen MR) is 122 cm³/mol. The van der Waals surface area contributed by atoms with Crippen LogP contribution in [0, 0.1) is 0 Å². The zero-order valence-electron chi connectivity index (χ0n) is 20.1. The first kappa shape index (κ1) is 26.4. The summed E-state index contributed by atoms with van der Waals surface area (Å²) in [6, 6.07) is 5.40. The Labute approximate surface area is 195 Å². The minimum Gasteiger partial charge on any atom is -0.496 e. The van der Waals surface area contributed by atoms with Crippen LogP contribution in [-0.4, -0.2) is 69.4 Å². The summed E-state index contributed by atoms with van der Waals surface area (Å²) in [5.74, 6) is 0.243. The van der Waals surface area contributed by atoms with E-state index in [9.17, 15) is 14.4 Å². The van der Waals surface area contributed by atoms with E-state index in [0.29, 0.717) is 29.9 Å². The van der Waals surface area contributed by atoms with Crippen molar-refractivity contribution in [1.29, 1.82) is 0 Å². The van der Waals surface area contributed by atoms with Crippen molar-refractivity contribution < 1.29 is 33.4 Å². The van der Waals surface area contributed by atoms with Gasteiger partial charge in [0.15, 0.2) is 0 Å². The summed E-state index contributed by atoms with van der Waals surface area (Å²) in [5.41, 5.74) is 0.660. The molecular formula is C24H36N2O7. The Hall–Kier alpha value is -2.81. The second-order valence-electron chi connectivity index (χ2n) is 7.97. The van der Waals surface area contributed by atoms with Gasteiger partial charge in [0.05, 0.1) is 33.8 Å². The Morgan fingerprint density at radius 3 is 2.18 bits per heavy atom. The average Bonchev–Trinajstić information content (AvgIpc) is 3.27. The Balaban J connectivity index is 1.94. The van der Waals surface area contributed by atoms with E-state index in [4.69, 9.17) is 19.0 Å². The number of ether oxygens (including phenoxy) is 3. The highest BCUT2D eigenvalue weighted by Crippen LogP contribution is 2.39. The molecule has 1 aromatic carbocycles. The lowest BCUT2D eigenvalue weighted by atomic mass is 9.90. The number of benzene rings is 1. The maximum Gasteiger partial charge on any atom is 0.416 e. The molecule has 1 aromatic rings. The van der Waals surface area contributed by atoms with E-state index in [1.165, 1.54) is 17.1 Å². The first-order chi connectivity index (χ1) is 15.9. The van der Waals surface area contributed by atoms with Crippen LogP contribution in [0.15, 0.2) is 18.2 Å². The number of hydroxylamine groups is 2. The van der Waals surface area contributed by atoms with Crippen LogP contribution in [0.4, 0.5) is 4.79 Å². The average molecular weight is 465 g/mol. The third-order valence-corrected chi connectivity index (χ3v) is 5.90. The molecule has 1 saturated heterocycles. The number of hydrogen-bond acceptors (Lipinski definition) is 7. The maximum absolute atomic E-state index is 13.3. The summed E-state index contributed by atoms with van der Waals surface area (Å²) < 4.78 is 16.0. The zero-order chi connectivity index (χ0) is 24.2. The summed E-state index contributed by atoms with van der Waals surface area (Å²) in [6.07, 6.45) is 5.99. The third-order valence-electron chi connectivity index (χ3n) is 5.90. The van der Waals surface area contributed by atoms with Gasteiger partial charge in [0.2, 0.25) is 11.8 Å². The molecule has 33 heavy (non-hydrogen) atoms. The molecule has 0 radical (unpaired) electrons. The number of cyclic esters (lactones) is 1. The summed E-state index contributed by atoms with van der Waals surface area (Å²) in [5, 5.41) is 1.25. The Kier molecular flexibility index (Phi) is 11.0. The molecule has 1 aliphatic heterocycles. The fraction of sp³-hybridized carbons (Fsp3) is 0.625. The number of carbonyl (C=O) groups is 3. The van der Waals surface area contributed by atoms with Gasteiger partial charge < -0.3 is 14.2 Å². The minimum absolute atomic E-state index is 0.0231. The van der Waals surface area contributed by atoms with Crippen molar-refractivity contribution in [3.63, 3.8) is 0 Å². The van der Waals surface area contributed by atoms with Crippen LogP contribution in [0.25, 0.3) is 0 Å². The minimum atomic E-state index is -0.604. The number of hydrogen-bond donors (Lipinski definition) is 0. The quantitative estimate of drug-likeness (QED) is 0.304. The van der Waals surface area contributed by atoms with Gasteiger partial charge in [0.1, 0.15) is 18.1 Å². The standard InChI is InChI=1S/C24H36N2O7/c1-25(32-4)21(27)15-10-8-6-5-7-9-12-18(23(28)26-16-17-33-24(26)29)22-19(30-2)13-11-14-20(22)31-3/h11,13-14,18H,5-10,12,15-17H2,1-4H3. The molecule has 3 amide bonds. The van der Waals surface area contributed by atoms with Gasteiger partial charge in [0.25, 0.3) is 0 Å². The Morgan fingerprint density at radius 1 is 1.03 bits per heavy atom. The topological polar surface area (TPSA) is 94.6 Å². The summed E-state index contributed by atoms with van der Waals surface area (Å²) in [6.45, 7) is 0.464. The lowest BCUT2D eigenvalue weighted by Gasteiger charge is -2.24. The van der Waals surface area contributed by atoms with Crippen LogP contribution < -0.4 is 9.47 Å². The second-order valence-corrected chi connectivity index (χ2v) is 7.97. The first-order valence-electron chi connectivity index (χ1n) is 11.4. The number of rotatable bonds is 14. The van der Waals surface area contributed by atoms with Crippen molar-refractivity contribution in [2.24, 2.45) is 0 Å². The highest BCUT2D eigenvalue weighted by atomic mass is 16.7. The molecule has 1 heterocycles. The van der Waals surface area contributed by atoms with Crippen molar-refractivity contribution in [2.75, 3.05) is 41.5 Å². The fourth-order valence-corrected chi connectivity index (χ4v) is 3.99. The number of nitrogens with zero attached hydrogens (tertiary/aromatic N) is 2. The summed E-state index contributed by atoms with van der Waals surface area (Å²) in [7, 11) is 6.19. The molecule has 0 spiro atoms. The highest BCUT2D eigenvalue weighted by Gasteiger charge is 2.36. The van der Waals surface area contributed by atoms with Gasteiger partial charge in [-0.25, -0.2) is 14.8 Å². The largest absolute Gasteiger partial charge is 0.496 e. The van der Waals surface area contributed by atoms with E-state index in [-0.39, 0.29) is 25.0 Å². The number of carbonyl (C=O) groups excluding carboxylic acids is 3. The molecule has 0 aromatic heterocycles. The number of unbranched alkanes of at least 4 members (excludes halogenated alkanes) is 5. The molecule has 184 valence electrons. The summed E-state index contributed by atoms with van der Waals surface area (Å²) >= 11 is 0. The highest BCUT2D eigenvalue weighted by molar-refractivity contribution is 5.97. The number of imide groups is 1. The lowest BCUT2D eigenvalue weighted by Crippen LogP contribution is -2.36. The molecule has 0 bridgehead atoms. The van der Waals surface area contributed by atoms with Crippen molar-refractivity contribution in [1.82, 2.24) is 9.96 Å². The van der Waals surface area contributed by atoms with Crippen molar-refractivity contribution in [3.05, 3.63) is 23.8 Å². The van der Waals surface area contributed by atoms with Gasteiger partial charge in [0, 0.05) is 19.0 Å². The second kappa shape index (κ2) is 13.7. The molecule has 1 atom stereocenters. The Bertz CT molecular complexity index is 777. The van der Waals surface area contributed by atoms with E-state index in [2.05, 4.69) is 0 Å². The van der Waals surface area contributed by atoms with Gasteiger partial charge in [-0.1, -0.05) is 38.2 Å². The van der Waals surface area contributed by atoms with Gasteiger partial charge in [-0.15, -0.1) is 0 Å². The molecule has 0 aliphatic carbocycles. The molecule has 9 heteroatoms. The van der Waals surface area contributed by atoms with E-state index >= 15 is 0 Å². The van der Waals surface area contributed by atoms with E-state index in [0.717, 1.165) is 38.5 Å². The van der Waals surface area contributed by atoms with E-state index in [1.54, 1.807) is 33.4 Å². The van der Waals surface area contributed by atoms with Crippen LogP contribution in [-0.2, 0) is 19.2 Å². The van der Waals surface area contributed by atoms with Crippen LogP contribution >= 0.6 is 0 Å². The number of amides is 3. The van der Waals surface area contributed by atoms with Crippen LogP contribution in [0.2, 0.25) is 0 Å². The number of methoxy groups -OCH3 is 2. The lowest BCUT2D eigenvalue weighted by molar-refractivity contribution is -0.168. The molecular weight excluding hydrogens is 428 g/mol. The molecule has 2 rings (SSSR count). The van der Waals surface area contributed by atoms with Gasteiger partial charge >= 0.3 is 6.09 Å². The van der Waals surface area contributed by atoms with Crippen LogP contribution in [0.3, 0.4) is 0 Å². The van der Waals surface area contributed by atoms with Crippen LogP contribution in [0.1, 0.15) is 62.8 Å². The third kappa shape index (κ3) is 7.35. The van der Waals surface area contributed by atoms with Crippen LogP contribution in [0.5, 0.6) is 11.5 Å². The van der Waals surface area contributed by atoms with Gasteiger partial charge in [-0.3, -0.25) is 14.4 Å². The normalized spacial score (nSPS) is 14.1. The van der Waals surface area contributed by atoms with E-state index in [1.807, 2.05) is 6.07 Å². The van der Waals surface area contributed by atoms with Gasteiger partial charge in [-0.2, -0.15) is 0 Å². The van der Waals surface area contributed by atoms with Crippen molar-refractivity contribution in [2.45, 2.75) is 57.3 Å². The molecule has 0 saturated carbocycles. The molecule has 9 nitrogen and oxygen atoms in total. The smallest absolute Gasteiger partial charge is 0.416 e. The summed E-state index contributed by atoms with van der Waals surface area (Å²) in [4.78, 5) is 43.1. The Morgan fingerprint density at radius 2 is 1.64 bits per heavy atom. The fourth-order valence-electron chi connectivity index (χ4n) is 3.99. The SMILES string of the molecule is COc1cccc(OC)c1C(CCCCCCCCC(=O)N(C)OC)C(=O)N1CCOC1=O. The van der Waals surface area contributed by atoms with Gasteiger partial charge in [-0.05, 0) is 25.0 Å². The molecule has 1 unspecified atom stereocenters. The van der Waals surface area contributed by atoms with E-state index < -0.39 is 12.0 Å². The molecule has 1 fully saturated rings. The molecule has 0 N–H and O–H groups in total. The van der Waals surface area contributed by atoms with Crippen molar-refractivity contribution in [3.8, 4) is 11.5 Å². The first-order valence-corrected chi connectivity index (χ1v) is 11.4. The zero-order valence-corrected chi connectivity index (χ0v) is 20.1. The predicted octanol–water partition coefficient (Wildman–Crippen LogP) is 3.91. The van der Waals surface area contributed by atoms with Crippen molar-refractivity contribution >= 4 is 17.9 Å². The monoisotopic (exact) mass is 464 g/mol. The maximum atomic E-state index is 13.3.